The molecule has 0 bridgehead atoms. The van der Waals surface area contributed by atoms with Crippen LogP contribution in [0.5, 0.6) is 0 Å². The second-order valence-corrected chi connectivity index (χ2v) is 14.6. The Labute approximate surface area is 157 Å². The summed E-state index contributed by atoms with van der Waals surface area (Å²) in [7, 11) is -2.00. The van der Waals surface area contributed by atoms with Crippen LogP contribution in [0.3, 0.4) is 0 Å². The first kappa shape index (κ1) is 20.9. The zero-order valence-corrected chi connectivity index (χ0v) is 18.2. The fraction of sp³-hybridized carbons (Fsp3) is 0.750. The van der Waals surface area contributed by atoms with Crippen molar-refractivity contribution in [2.24, 2.45) is 5.41 Å². The van der Waals surface area contributed by atoms with Crippen molar-refractivity contribution < 1.29 is 23.9 Å². The standard InChI is InChI=1S/C20H32O5Si/c1-8-24-17(22)20(18(23)25-9-2)11-13-10-15(21)16(14(13)12-20)26(6,7)19(3,4)5/h16H,8-12H2,1-7H3. The van der Waals surface area contributed by atoms with Crippen molar-refractivity contribution in [3.8, 4) is 0 Å². The molecular weight excluding hydrogens is 348 g/mol. The predicted molar refractivity (Wildman–Crippen MR) is 103 cm³/mol. The van der Waals surface area contributed by atoms with Gasteiger partial charge in [-0.15, -0.1) is 0 Å². The summed E-state index contributed by atoms with van der Waals surface area (Å²) in [5.74, 6) is -0.786. The number of esters is 2. The first-order valence-electron chi connectivity index (χ1n) is 9.50. The fourth-order valence-corrected chi connectivity index (χ4v) is 7.11. The van der Waals surface area contributed by atoms with Crippen molar-refractivity contribution in [3.05, 3.63) is 11.1 Å². The van der Waals surface area contributed by atoms with Crippen LogP contribution in [0.15, 0.2) is 11.1 Å². The second kappa shape index (κ2) is 6.95. The van der Waals surface area contributed by atoms with Gasteiger partial charge in [-0.25, -0.2) is 0 Å². The van der Waals surface area contributed by atoms with Crippen molar-refractivity contribution in [1.29, 1.82) is 0 Å². The van der Waals surface area contributed by atoms with Gasteiger partial charge in [-0.2, -0.15) is 0 Å². The van der Waals surface area contributed by atoms with Crippen molar-refractivity contribution in [3.63, 3.8) is 0 Å². The average Bonchev–Trinajstić information content (AvgIpc) is 3.00. The molecule has 0 aromatic carbocycles. The highest BCUT2D eigenvalue weighted by molar-refractivity contribution is 6.85. The molecule has 5 nitrogen and oxygen atoms in total. The predicted octanol–water partition coefficient (Wildman–Crippen LogP) is 4.04. The number of carbonyl (C=O) groups excluding carboxylic acids is 3. The van der Waals surface area contributed by atoms with Crippen LogP contribution in [0.2, 0.25) is 23.7 Å². The number of ketones is 1. The Morgan fingerprint density at radius 1 is 1.08 bits per heavy atom. The van der Waals surface area contributed by atoms with E-state index in [-0.39, 0.29) is 42.4 Å². The van der Waals surface area contributed by atoms with Gasteiger partial charge in [0.1, 0.15) is 5.78 Å². The second-order valence-electron chi connectivity index (χ2n) is 9.05. The van der Waals surface area contributed by atoms with E-state index in [2.05, 4.69) is 33.9 Å². The van der Waals surface area contributed by atoms with Gasteiger partial charge in [0.25, 0.3) is 0 Å². The molecule has 2 aliphatic carbocycles. The van der Waals surface area contributed by atoms with Gasteiger partial charge in [-0.1, -0.05) is 45.0 Å². The molecule has 1 atom stereocenters. The van der Waals surface area contributed by atoms with E-state index in [4.69, 9.17) is 9.47 Å². The molecule has 26 heavy (non-hydrogen) atoms. The van der Waals surface area contributed by atoms with E-state index in [9.17, 15) is 14.4 Å². The van der Waals surface area contributed by atoms with Crippen molar-refractivity contribution in [2.45, 2.75) is 77.6 Å². The van der Waals surface area contributed by atoms with Crippen molar-refractivity contribution in [2.75, 3.05) is 13.2 Å². The molecule has 2 rings (SSSR count). The Morgan fingerprint density at radius 3 is 2.00 bits per heavy atom. The fourth-order valence-electron chi connectivity index (χ4n) is 4.16. The molecule has 0 aromatic rings. The molecule has 1 unspecified atom stereocenters. The summed E-state index contributed by atoms with van der Waals surface area (Å²) in [5, 5.41) is 0.0366. The zero-order chi connectivity index (χ0) is 19.9. The van der Waals surface area contributed by atoms with Gasteiger partial charge in [0.2, 0.25) is 0 Å². The monoisotopic (exact) mass is 380 g/mol. The van der Waals surface area contributed by atoms with E-state index < -0.39 is 25.4 Å². The van der Waals surface area contributed by atoms with Gasteiger partial charge in [-0.3, -0.25) is 14.4 Å². The highest BCUT2D eigenvalue weighted by Crippen LogP contribution is 2.59. The largest absolute Gasteiger partial charge is 0.465 e. The Balaban J connectivity index is 2.43. The molecule has 0 fully saturated rings. The molecule has 6 heteroatoms. The van der Waals surface area contributed by atoms with Crippen LogP contribution in [0.4, 0.5) is 0 Å². The molecule has 0 aromatic heterocycles. The van der Waals surface area contributed by atoms with Gasteiger partial charge in [0.15, 0.2) is 5.41 Å². The van der Waals surface area contributed by atoms with E-state index in [0.717, 1.165) is 11.1 Å². The van der Waals surface area contributed by atoms with E-state index in [1.807, 2.05) is 0 Å². The molecule has 0 saturated carbocycles. The summed E-state index contributed by atoms with van der Waals surface area (Å²) in [5.41, 5.74) is 0.537. The van der Waals surface area contributed by atoms with E-state index >= 15 is 0 Å². The maximum Gasteiger partial charge on any atom is 0.324 e. The van der Waals surface area contributed by atoms with E-state index in [1.165, 1.54) is 0 Å². The summed E-state index contributed by atoms with van der Waals surface area (Å²) < 4.78 is 10.5. The number of hydrogen-bond donors (Lipinski definition) is 0. The van der Waals surface area contributed by atoms with Crippen LogP contribution in [-0.2, 0) is 23.9 Å². The van der Waals surface area contributed by atoms with E-state index in [1.54, 1.807) is 13.8 Å². The Kier molecular flexibility index (Phi) is 5.58. The molecule has 0 heterocycles. The van der Waals surface area contributed by atoms with Crippen LogP contribution < -0.4 is 0 Å². The van der Waals surface area contributed by atoms with E-state index in [0.29, 0.717) is 6.42 Å². The molecule has 0 amide bonds. The summed E-state index contributed by atoms with van der Waals surface area (Å²) in [6, 6.07) is 0. The Bertz CT molecular complexity index is 636. The van der Waals surface area contributed by atoms with Gasteiger partial charge in [0.05, 0.1) is 21.3 Å². The molecule has 2 aliphatic rings. The third kappa shape index (κ3) is 3.17. The molecule has 0 saturated heterocycles. The number of Topliss-reactive ketones (excluding diaryl/α,β-unsaturated/α-hetero) is 1. The first-order chi connectivity index (χ1) is 11.9. The summed E-state index contributed by atoms with van der Waals surface area (Å²) in [4.78, 5) is 38.3. The highest BCUT2D eigenvalue weighted by Gasteiger charge is 2.60. The number of ether oxygens (including phenoxy) is 2. The van der Waals surface area contributed by atoms with Crippen molar-refractivity contribution >= 4 is 25.8 Å². The van der Waals surface area contributed by atoms with Gasteiger partial charge >= 0.3 is 11.9 Å². The highest BCUT2D eigenvalue weighted by atomic mass is 28.3. The lowest BCUT2D eigenvalue weighted by molar-refractivity contribution is -0.171. The number of rotatable bonds is 5. The molecule has 0 N–H and O–H groups in total. The van der Waals surface area contributed by atoms with Crippen LogP contribution in [0.25, 0.3) is 0 Å². The topological polar surface area (TPSA) is 69.7 Å². The molecule has 146 valence electrons. The lowest BCUT2D eigenvalue weighted by Gasteiger charge is -2.42. The first-order valence-corrected chi connectivity index (χ1v) is 12.6. The molecule has 0 aliphatic heterocycles. The lowest BCUT2D eigenvalue weighted by atomic mass is 9.82. The zero-order valence-electron chi connectivity index (χ0n) is 17.2. The quantitative estimate of drug-likeness (QED) is 0.312. The number of allylic oxidation sites excluding steroid dienone is 2. The normalized spacial score (nSPS) is 22.4. The lowest BCUT2D eigenvalue weighted by Crippen LogP contribution is -2.46. The minimum atomic E-state index is -2.00. The Hall–Kier alpha value is -1.43. The van der Waals surface area contributed by atoms with Crippen LogP contribution >= 0.6 is 0 Å². The van der Waals surface area contributed by atoms with Crippen LogP contribution in [-0.4, -0.2) is 39.0 Å². The number of hydrogen-bond acceptors (Lipinski definition) is 5. The van der Waals surface area contributed by atoms with Gasteiger partial charge < -0.3 is 9.47 Å². The van der Waals surface area contributed by atoms with Gasteiger partial charge in [-0.05, 0) is 31.7 Å². The third-order valence-electron chi connectivity index (χ3n) is 6.51. The van der Waals surface area contributed by atoms with Gasteiger partial charge in [0, 0.05) is 12.0 Å². The smallest absolute Gasteiger partial charge is 0.324 e. The molecular formula is C20H32O5Si. The number of carbonyl (C=O) groups is 3. The molecule has 0 spiro atoms. The van der Waals surface area contributed by atoms with Crippen LogP contribution in [0, 0.1) is 5.41 Å². The maximum atomic E-state index is 12.8. The SMILES string of the molecule is CCOC(=O)C1(C(=O)OCC)CC2=C(C1)C([Si](C)(C)C(C)(C)C)C(=O)C2. The molecule has 0 radical (unpaired) electrons. The minimum absolute atomic E-state index is 0.0366. The minimum Gasteiger partial charge on any atom is -0.465 e. The summed E-state index contributed by atoms with van der Waals surface area (Å²) >= 11 is 0. The van der Waals surface area contributed by atoms with Crippen LogP contribution in [0.1, 0.15) is 53.9 Å². The summed E-state index contributed by atoms with van der Waals surface area (Å²) in [6.45, 7) is 14.9. The van der Waals surface area contributed by atoms with Crippen molar-refractivity contribution in [1.82, 2.24) is 0 Å². The average molecular weight is 381 g/mol. The third-order valence-corrected chi connectivity index (χ3v) is 12.5. The maximum absolute atomic E-state index is 12.8. The summed E-state index contributed by atoms with van der Waals surface area (Å²) in [6.07, 6.45) is 0.882. The Morgan fingerprint density at radius 2 is 1.58 bits per heavy atom.